The number of carbonyl (C=O) groups excluding carboxylic acids is 2. The second kappa shape index (κ2) is 7.90. The van der Waals surface area contributed by atoms with Crippen molar-refractivity contribution in [1.29, 1.82) is 0 Å². The SMILES string of the molecule is NS(=O)(=O)c1ccc(-c2ccc(/C=C3\C(=O)NN(c4cccc(C(F)(F)F)c4)C3=O)o2)cc1. The quantitative estimate of drug-likeness (QED) is 0.442. The van der Waals surface area contributed by atoms with Gasteiger partial charge in [0, 0.05) is 5.56 Å². The van der Waals surface area contributed by atoms with Crippen LogP contribution in [0.15, 0.2) is 75.5 Å². The summed E-state index contributed by atoms with van der Waals surface area (Å²) in [5, 5.41) is 5.78. The summed E-state index contributed by atoms with van der Waals surface area (Å²) in [4.78, 5) is 24.9. The first-order chi connectivity index (χ1) is 15.4. The normalized spacial score (nSPS) is 15.9. The first-order valence-electron chi connectivity index (χ1n) is 9.21. The van der Waals surface area contributed by atoms with E-state index in [9.17, 15) is 31.2 Å². The minimum Gasteiger partial charge on any atom is -0.457 e. The van der Waals surface area contributed by atoms with E-state index >= 15 is 0 Å². The lowest BCUT2D eigenvalue weighted by Gasteiger charge is -2.16. The van der Waals surface area contributed by atoms with Gasteiger partial charge in [0.1, 0.15) is 17.1 Å². The topological polar surface area (TPSA) is 123 Å². The number of carbonyl (C=O) groups is 2. The molecule has 170 valence electrons. The van der Waals surface area contributed by atoms with Gasteiger partial charge in [-0.2, -0.15) is 13.2 Å². The monoisotopic (exact) mass is 477 g/mol. The fourth-order valence-corrected chi connectivity index (χ4v) is 3.61. The molecule has 2 heterocycles. The predicted octanol–water partition coefficient (Wildman–Crippen LogP) is 3.07. The molecule has 0 atom stereocenters. The molecule has 1 fully saturated rings. The average Bonchev–Trinajstić information content (AvgIpc) is 3.33. The number of furan rings is 1. The molecule has 2 amide bonds. The average molecular weight is 477 g/mol. The molecule has 0 saturated carbocycles. The van der Waals surface area contributed by atoms with Crippen LogP contribution >= 0.6 is 0 Å². The van der Waals surface area contributed by atoms with Crippen LogP contribution in [0.2, 0.25) is 0 Å². The Bertz CT molecular complexity index is 1390. The standard InChI is InChI=1S/C21H14F3N3O5S/c22-21(23,24)13-2-1-3-14(10-13)27-20(29)17(19(28)26-27)11-15-6-9-18(32-15)12-4-7-16(8-5-12)33(25,30)31/h1-11H,(H,26,28)(H2,25,30,31)/b17-11+. The number of alkyl halides is 3. The van der Waals surface area contributed by atoms with Gasteiger partial charge in [-0.15, -0.1) is 0 Å². The third kappa shape index (κ3) is 4.52. The van der Waals surface area contributed by atoms with E-state index in [0.29, 0.717) is 11.3 Å². The Morgan fingerprint density at radius 1 is 1.00 bits per heavy atom. The molecule has 4 rings (SSSR count). The Labute approximate surface area is 185 Å². The van der Waals surface area contributed by atoms with Crippen molar-refractivity contribution in [2.45, 2.75) is 11.1 Å². The lowest BCUT2D eigenvalue weighted by Crippen LogP contribution is -2.35. The summed E-state index contributed by atoms with van der Waals surface area (Å²) >= 11 is 0. The molecule has 0 radical (unpaired) electrons. The smallest absolute Gasteiger partial charge is 0.416 e. The zero-order valence-electron chi connectivity index (χ0n) is 16.5. The predicted molar refractivity (Wildman–Crippen MR) is 111 cm³/mol. The van der Waals surface area contributed by atoms with Crippen molar-refractivity contribution in [3.8, 4) is 11.3 Å². The van der Waals surface area contributed by atoms with Gasteiger partial charge in [-0.05, 0) is 60.7 Å². The maximum absolute atomic E-state index is 13.0. The summed E-state index contributed by atoms with van der Waals surface area (Å²) in [5.41, 5.74) is 1.28. The number of anilines is 1. The minimum atomic E-state index is -4.61. The Morgan fingerprint density at radius 2 is 1.70 bits per heavy atom. The molecule has 3 N–H and O–H groups in total. The summed E-state index contributed by atoms with van der Waals surface area (Å²) < 4.78 is 67.2. The minimum absolute atomic E-state index is 0.0805. The Kier molecular flexibility index (Phi) is 5.34. The second-order valence-corrected chi connectivity index (χ2v) is 8.52. The lowest BCUT2D eigenvalue weighted by molar-refractivity contribution is -0.137. The highest BCUT2D eigenvalue weighted by Gasteiger charge is 2.36. The van der Waals surface area contributed by atoms with E-state index in [1.165, 1.54) is 36.4 Å². The van der Waals surface area contributed by atoms with Crippen molar-refractivity contribution in [1.82, 2.24) is 5.43 Å². The van der Waals surface area contributed by atoms with Gasteiger partial charge in [0.25, 0.3) is 11.8 Å². The molecule has 1 aliphatic heterocycles. The number of benzene rings is 2. The van der Waals surface area contributed by atoms with Gasteiger partial charge >= 0.3 is 6.18 Å². The van der Waals surface area contributed by atoms with Crippen LogP contribution in [-0.2, 0) is 25.8 Å². The number of hydrazine groups is 1. The summed E-state index contributed by atoms with van der Waals surface area (Å²) in [7, 11) is -3.85. The Balaban J connectivity index is 1.59. The number of nitrogens with zero attached hydrogens (tertiary/aromatic N) is 1. The molecule has 0 unspecified atom stereocenters. The number of nitrogens with two attached hydrogens (primary N) is 1. The molecule has 8 nitrogen and oxygen atoms in total. The summed E-state index contributed by atoms with van der Waals surface area (Å²) in [5.74, 6) is -1.21. The van der Waals surface area contributed by atoms with E-state index in [4.69, 9.17) is 9.56 Å². The number of nitrogens with one attached hydrogen (secondary N) is 1. The number of rotatable bonds is 4. The third-order valence-electron chi connectivity index (χ3n) is 4.70. The van der Waals surface area contributed by atoms with E-state index in [1.807, 2.05) is 0 Å². The van der Waals surface area contributed by atoms with E-state index in [2.05, 4.69) is 5.43 Å². The van der Waals surface area contributed by atoms with E-state index in [0.717, 1.165) is 29.3 Å². The molecule has 33 heavy (non-hydrogen) atoms. The molecular formula is C21H14F3N3O5S. The number of amides is 2. The fraction of sp³-hybridized carbons (Fsp3) is 0.0476. The first kappa shape index (κ1) is 22.3. The molecule has 0 aliphatic carbocycles. The van der Waals surface area contributed by atoms with Crippen LogP contribution in [0, 0.1) is 0 Å². The molecule has 2 aromatic carbocycles. The van der Waals surface area contributed by atoms with E-state index in [-0.39, 0.29) is 21.9 Å². The maximum atomic E-state index is 13.0. The second-order valence-electron chi connectivity index (χ2n) is 6.96. The van der Waals surface area contributed by atoms with Crippen molar-refractivity contribution < 1.29 is 35.6 Å². The van der Waals surface area contributed by atoms with Crippen LogP contribution in [0.5, 0.6) is 0 Å². The summed E-state index contributed by atoms with van der Waals surface area (Å²) in [6, 6.07) is 12.5. The van der Waals surface area contributed by atoms with Gasteiger partial charge in [0.15, 0.2) is 0 Å². The van der Waals surface area contributed by atoms with E-state index in [1.54, 1.807) is 6.07 Å². The first-order valence-corrected chi connectivity index (χ1v) is 10.8. The molecule has 1 saturated heterocycles. The molecule has 3 aromatic rings. The highest BCUT2D eigenvalue weighted by Crippen LogP contribution is 2.32. The van der Waals surface area contributed by atoms with Gasteiger partial charge in [0.2, 0.25) is 10.0 Å². The van der Waals surface area contributed by atoms with Crippen molar-refractivity contribution >= 4 is 33.6 Å². The number of halogens is 3. The van der Waals surface area contributed by atoms with Crippen LogP contribution in [0.25, 0.3) is 17.4 Å². The van der Waals surface area contributed by atoms with Gasteiger partial charge in [-0.25, -0.2) is 18.6 Å². The summed E-state index contributed by atoms with van der Waals surface area (Å²) in [6.07, 6.45) is -3.45. The van der Waals surface area contributed by atoms with Crippen LogP contribution in [0.3, 0.4) is 0 Å². The molecule has 1 aromatic heterocycles. The largest absolute Gasteiger partial charge is 0.457 e. The van der Waals surface area contributed by atoms with Gasteiger partial charge < -0.3 is 4.42 Å². The Morgan fingerprint density at radius 3 is 2.33 bits per heavy atom. The van der Waals surface area contributed by atoms with Crippen molar-refractivity contribution in [2.24, 2.45) is 5.14 Å². The fourth-order valence-electron chi connectivity index (χ4n) is 3.10. The lowest BCUT2D eigenvalue weighted by atomic mass is 10.1. The zero-order valence-corrected chi connectivity index (χ0v) is 17.3. The molecule has 12 heteroatoms. The van der Waals surface area contributed by atoms with Crippen LogP contribution in [0.4, 0.5) is 18.9 Å². The zero-order chi connectivity index (χ0) is 24.0. The van der Waals surface area contributed by atoms with Crippen molar-refractivity contribution in [2.75, 3.05) is 5.01 Å². The molecule has 0 spiro atoms. The third-order valence-corrected chi connectivity index (χ3v) is 5.63. The summed E-state index contributed by atoms with van der Waals surface area (Å²) in [6.45, 7) is 0. The van der Waals surface area contributed by atoms with E-state index < -0.39 is 33.6 Å². The van der Waals surface area contributed by atoms with Gasteiger partial charge in [-0.1, -0.05) is 6.07 Å². The number of hydrogen-bond donors (Lipinski definition) is 2. The molecular weight excluding hydrogens is 463 g/mol. The molecule has 0 bridgehead atoms. The Hall–Kier alpha value is -3.90. The van der Waals surface area contributed by atoms with Crippen LogP contribution in [-0.4, -0.2) is 20.2 Å². The number of primary sulfonamides is 1. The van der Waals surface area contributed by atoms with Gasteiger partial charge in [-0.3, -0.25) is 15.0 Å². The van der Waals surface area contributed by atoms with Crippen LogP contribution < -0.4 is 15.6 Å². The number of sulfonamides is 1. The maximum Gasteiger partial charge on any atom is 0.416 e. The molecule has 1 aliphatic rings. The highest BCUT2D eigenvalue weighted by atomic mass is 32.2. The highest BCUT2D eigenvalue weighted by molar-refractivity contribution is 7.89. The van der Waals surface area contributed by atoms with Crippen LogP contribution in [0.1, 0.15) is 11.3 Å². The van der Waals surface area contributed by atoms with Crippen molar-refractivity contribution in [3.05, 3.63) is 77.6 Å². The number of hydrogen-bond acceptors (Lipinski definition) is 5. The van der Waals surface area contributed by atoms with Gasteiger partial charge in [0.05, 0.1) is 16.1 Å². The van der Waals surface area contributed by atoms with Crippen molar-refractivity contribution in [3.63, 3.8) is 0 Å².